The number of nitrogens with two attached hydrogens (primary N) is 2. The molecular weight excluding hydrogens is 228 g/mol. The summed E-state index contributed by atoms with van der Waals surface area (Å²) in [5.41, 5.74) is 10.0. The minimum atomic E-state index is -3.87. The highest BCUT2D eigenvalue weighted by atomic mass is 32.2. The molecule has 0 aliphatic heterocycles. The third kappa shape index (κ3) is 7.85. The summed E-state index contributed by atoms with van der Waals surface area (Å²) in [7, 11) is -3.87. The van der Waals surface area contributed by atoms with E-state index in [0.29, 0.717) is 6.26 Å². The second-order valence-corrected chi connectivity index (χ2v) is 4.33. The summed E-state index contributed by atoms with van der Waals surface area (Å²) in [5.74, 6) is -1.70. The fourth-order valence-corrected chi connectivity index (χ4v) is 0.763. The molecule has 0 aliphatic rings. The van der Waals surface area contributed by atoms with Crippen molar-refractivity contribution in [2.75, 3.05) is 6.26 Å². The molecule has 9 heteroatoms. The molecule has 0 aromatic rings. The largest absolute Gasteiger partial charge is 0.370 e. The Balaban J connectivity index is 3.95. The van der Waals surface area contributed by atoms with Gasteiger partial charge in [-0.2, -0.15) is 8.42 Å². The van der Waals surface area contributed by atoms with Gasteiger partial charge in [0.15, 0.2) is 0 Å². The molecule has 15 heavy (non-hydrogen) atoms. The van der Waals surface area contributed by atoms with Crippen LogP contribution in [-0.4, -0.2) is 32.6 Å². The van der Waals surface area contributed by atoms with Crippen LogP contribution in [0, 0.1) is 0 Å². The van der Waals surface area contributed by atoms with Gasteiger partial charge in [0.05, 0.1) is 6.26 Å². The zero-order valence-electron chi connectivity index (χ0n) is 8.00. The first-order valence-corrected chi connectivity index (χ1v) is 5.68. The molecule has 0 saturated carbocycles. The van der Waals surface area contributed by atoms with Crippen molar-refractivity contribution in [1.82, 2.24) is 0 Å². The Hall–Kier alpha value is -1.19. The molecule has 0 bridgehead atoms. The van der Waals surface area contributed by atoms with Crippen LogP contribution in [0.4, 0.5) is 0 Å². The van der Waals surface area contributed by atoms with E-state index in [2.05, 4.69) is 9.22 Å². The highest BCUT2D eigenvalue weighted by Crippen LogP contribution is 1.98. The van der Waals surface area contributed by atoms with Gasteiger partial charge in [-0.25, -0.2) is 4.79 Å². The first-order chi connectivity index (χ1) is 6.72. The molecule has 1 atom stereocenters. The predicted molar refractivity (Wildman–Crippen MR) is 48.4 cm³/mol. The van der Waals surface area contributed by atoms with Gasteiger partial charge in [-0.05, 0) is 6.42 Å². The van der Waals surface area contributed by atoms with Gasteiger partial charge in [-0.15, -0.1) is 0 Å². The van der Waals surface area contributed by atoms with Gasteiger partial charge in [0.1, 0.15) is 6.04 Å². The van der Waals surface area contributed by atoms with E-state index in [9.17, 15) is 18.0 Å². The summed E-state index contributed by atoms with van der Waals surface area (Å²) in [4.78, 5) is 25.1. The van der Waals surface area contributed by atoms with Crippen LogP contribution >= 0.6 is 0 Å². The molecule has 0 radical (unpaired) electrons. The van der Waals surface area contributed by atoms with Gasteiger partial charge in [-0.1, -0.05) is 4.33 Å². The van der Waals surface area contributed by atoms with Crippen molar-refractivity contribution in [2.24, 2.45) is 11.5 Å². The zero-order chi connectivity index (χ0) is 12.1. The Morgan fingerprint density at radius 1 is 1.40 bits per heavy atom. The minimum Gasteiger partial charge on any atom is -0.370 e. The van der Waals surface area contributed by atoms with Gasteiger partial charge < -0.3 is 11.5 Å². The van der Waals surface area contributed by atoms with E-state index in [1.807, 2.05) is 0 Å². The maximum absolute atomic E-state index is 10.9. The van der Waals surface area contributed by atoms with Crippen LogP contribution in [0.15, 0.2) is 0 Å². The molecule has 8 nitrogen and oxygen atoms in total. The molecule has 0 fully saturated rings. The smallest absolute Gasteiger partial charge is 0.360 e. The minimum absolute atomic E-state index is 0.0404. The lowest BCUT2D eigenvalue weighted by atomic mass is 10.2. The summed E-state index contributed by atoms with van der Waals surface area (Å²) >= 11 is 0. The molecule has 4 N–H and O–H groups in total. The Bertz CT molecular complexity index is 338. The monoisotopic (exact) mass is 240 g/mol. The second-order valence-electron chi connectivity index (χ2n) is 2.79. The van der Waals surface area contributed by atoms with Crippen LogP contribution in [0.25, 0.3) is 0 Å². The highest BCUT2D eigenvalue weighted by Gasteiger charge is 2.19. The molecule has 88 valence electrons. The number of hydrogen-bond donors (Lipinski definition) is 2. The maximum atomic E-state index is 10.9. The van der Waals surface area contributed by atoms with Crippen molar-refractivity contribution < 1.29 is 27.2 Å². The lowest BCUT2D eigenvalue weighted by molar-refractivity contribution is -0.212. The number of hydrogen-bond acceptors (Lipinski definition) is 7. The topological polar surface area (TPSA) is 139 Å². The van der Waals surface area contributed by atoms with Crippen molar-refractivity contribution in [1.29, 1.82) is 0 Å². The van der Waals surface area contributed by atoms with Crippen LogP contribution < -0.4 is 11.5 Å². The lowest BCUT2D eigenvalue weighted by Crippen LogP contribution is -2.34. The quantitative estimate of drug-likeness (QED) is 0.404. The van der Waals surface area contributed by atoms with Crippen molar-refractivity contribution in [3.05, 3.63) is 0 Å². The Morgan fingerprint density at radius 3 is 2.33 bits per heavy atom. The molecule has 0 aliphatic carbocycles. The fourth-order valence-electron chi connectivity index (χ4n) is 0.573. The molecule has 0 saturated heterocycles. The second kappa shape index (κ2) is 5.63. The SMILES string of the molecule is CS(=O)(=O)OOC(=O)C(N)CCC(N)=O. The Labute approximate surface area is 86.6 Å². The van der Waals surface area contributed by atoms with Crippen LogP contribution in [-0.2, 0) is 28.9 Å². The van der Waals surface area contributed by atoms with Crippen molar-refractivity contribution in [3.8, 4) is 0 Å². The van der Waals surface area contributed by atoms with Gasteiger partial charge in [-0.3, -0.25) is 9.68 Å². The number of amides is 1. The average Bonchev–Trinajstić information content (AvgIpc) is 2.08. The van der Waals surface area contributed by atoms with E-state index in [1.165, 1.54) is 0 Å². The average molecular weight is 240 g/mol. The first-order valence-electron chi connectivity index (χ1n) is 3.86. The van der Waals surface area contributed by atoms with Crippen LogP contribution in [0.5, 0.6) is 0 Å². The predicted octanol–water partition coefficient (Wildman–Crippen LogP) is -1.99. The highest BCUT2D eigenvalue weighted by molar-refractivity contribution is 7.85. The molecule has 0 aromatic heterocycles. The molecule has 0 heterocycles. The molecule has 0 rings (SSSR count). The Kier molecular flexibility index (Phi) is 5.19. The summed E-state index contributed by atoms with van der Waals surface area (Å²) in [6.07, 6.45) is 0.561. The van der Waals surface area contributed by atoms with Crippen molar-refractivity contribution >= 4 is 22.0 Å². The lowest BCUT2D eigenvalue weighted by Gasteiger charge is -2.07. The Morgan fingerprint density at radius 2 is 1.93 bits per heavy atom. The number of carbonyl (C=O) groups is 2. The van der Waals surface area contributed by atoms with Crippen LogP contribution in [0.3, 0.4) is 0 Å². The van der Waals surface area contributed by atoms with E-state index in [0.717, 1.165) is 0 Å². The number of rotatable bonds is 6. The number of primary amides is 1. The van der Waals surface area contributed by atoms with Crippen LogP contribution in [0.2, 0.25) is 0 Å². The molecule has 0 aromatic carbocycles. The summed E-state index contributed by atoms with van der Waals surface area (Å²) in [5, 5.41) is 0. The van der Waals surface area contributed by atoms with E-state index in [-0.39, 0.29) is 12.8 Å². The molecule has 0 spiro atoms. The summed E-state index contributed by atoms with van der Waals surface area (Å²) in [6, 6.07) is -1.15. The van der Waals surface area contributed by atoms with Crippen LogP contribution in [0.1, 0.15) is 12.8 Å². The first kappa shape index (κ1) is 13.8. The molecule has 1 amide bonds. The normalized spacial score (nSPS) is 13.2. The van der Waals surface area contributed by atoms with Crippen molar-refractivity contribution in [2.45, 2.75) is 18.9 Å². The van der Waals surface area contributed by atoms with Gasteiger partial charge in [0.25, 0.3) is 10.1 Å². The number of carbonyl (C=O) groups excluding carboxylic acids is 2. The molecule has 1 unspecified atom stereocenters. The summed E-state index contributed by atoms with van der Waals surface area (Å²) < 4.78 is 24.6. The summed E-state index contributed by atoms with van der Waals surface area (Å²) in [6.45, 7) is 0. The van der Waals surface area contributed by atoms with E-state index >= 15 is 0 Å². The standard InChI is InChI=1S/C6H12N2O6S/c1-15(11,12)14-13-6(10)4(7)2-3-5(8)9/h4H,2-3,7H2,1H3,(H2,8,9). The zero-order valence-corrected chi connectivity index (χ0v) is 8.82. The fraction of sp³-hybridized carbons (Fsp3) is 0.667. The van der Waals surface area contributed by atoms with Gasteiger partial charge in [0.2, 0.25) is 5.91 Å². The van der Waals surface area contributed by atoms with Gasteiger partial charge in [0, 0.05) is 6.42 Å². The molecular formula is C6H12N2O6S. The van der Waals surface area contributed by atoms with E-state index in [4.69, 9.17) is 11.5 Å². The van der Waals surface area contributed by atoms with E-state index < -0.39 is 28.0 Å². The van der Waals surface area contributed by atoms with E-state index in [1.54, 1.807) is 0 Å². The maximum Gasteiger partial charge on any atom is 0.360 e. The van der Waals surface area contributed by atoms with Gasteiger partial charge >= 0.3 is 5.97 Å². The third-order valence-electron chi connectivity index (χ3n) is 1.24. The van der Waals surface area contributed by atoms with Crippen molar-refractivity contribution in [3.63, 3.8) is 0 Å². The third-order valence-corrected chi connectivity index (χ3v) is 1.56.